The van der Waals surface area contributed by atoms with Crippen LogP contribution in [0.1, 0.15) is 17.3 Å². The summed E-state index contributed by atoms with van der Waals surface area (Å²) in [6, 6.07) is 4.03. The smallest absolute Gasteiger partial charge is 0.280 e. The topological polar surface area (TPSA) is 38.8 Å². The molecular weight excluding hydrogens is 237 g/mol. The largest absolute Gasteiger partial charge is 0.490 e. The van der Waals surface area contributed by atoms with Crippen LogP contribution in [0.5, 0.6) is 5.75 Å². The van der Waals surface area contributed by atoms with Crippen LogP contribution in [0.2, 0.25) is 0 Å². The fourth-order valence-electron chi connectivity index (χ4n) is 1.25. The Kier molecular flexibility index (Phi) is 5.32. The summed E-state index contributed by atoms with van der Waals surface area (Å²) < 4.78 is 18.9. The lowest BCUT2D eigenvalue weighted by atomic mass is 10.2. The average Bonchev–Trinajstić information content (AvgIpc) is 2.39. The van der Waals surface area contributed by atoms with Crippen LogP contribution in [0.3, 0.4) is 0 Å². The molecule has 0 N–H and O–H groups in total. The van der Waals surface area contributed by atoms with E-state index in [-0.39, 0.29) is 5.56 Å². The van der Waals surface area contributed by atoms with Crippen molar-refractivity contribution in [1.29, 1.82) is 0 Å². The highest BCUT2D eigenvalue weighted by atomic mass is 19.1. The molecule has 0 spiro atoms. The number of carbonyl (C=O) groups is 1. The highest BCUT2D eigenvalue weighted by Crippen LogP contribution is 2.18. The minimum absolute atomic E-state index is 0.0858. The van der Waals surface area contributed by atoms with Gasteiger partial charge in [-0.25, -0.2) is 9.45 Å². The molecule has 0 saturated carbocycles. The predicted octanol–water partition coefficient (Wildman–Crippen LogP) is 2.41. The maximum absolute atomic E-state index is 13.5. The van der Waals surface area contributed by atoms with Crippen molar-refractivity contribution >= 4 is 5.91 Å². The number of amides is 1. The quantitative estimate of drug-likeness (QED) is 0.597. The lowest BCUT2D eigenvalue weighted by Gasteiger charge is -2.14. The standard InChI is InChI=1S/C13H16FNO3/c1-4-5-8-18-10-6-7-12(14)11(9-10)13(16)15(2)17-3/h4-7,9H,8H2,1-3H3/b5-4+. The second-order valence-corrected chi connectivity index (χ2v) is 3.51. The summed E-state index contributed by atoms with van der Waals surface area (Å²) in [7, 11) is 2.75. The van der Waals surface area contributed by atoms with Gasteiger partial charge >= 0.3 is 0 Å². The first-order valence-corrected chi connectivity index (χ1v) is 5.45. The Morgan fingerprint density at radius 1 is 1.50 bits per heavy atom. The molecule has 0 heterocycles. The number of halogens is 1. The van der Waals surface area contributed by atoms with Gasteiger partial charge in [0.1, 0.15) is 18.2 Å². The summed E-state index contributed by atoms with van der Waals surface area (Å²) in [6.07, 6.45) is 3.65. The summed E-state index contributed by atoms with van der Waals surface area (Å²) in [6.45, 7) is 2.24. The summed E-state index contributed by atoms with van der Waals surface area (Å²) in [4.78, 5) is 16.5. The number of hydroxylamine groups is 2. The zero-order valence-electron chi connectivity index (χ0n) is 10.6. The molecule has 0 aliphatic carbocycles. The van der Waals surface area contributed by atoms with E-state index in [0.29, 0.717) is 12.4 Å². The predicted molar refractivity (Wildman–Crippen MR) is 65.8 cm³/mol. The summed E-state index contributed by atoms with van der Waals surface area (Å²) in [5.41, 5.74) is -0.0858. The first-order valence-electron chi connectivity index (χ1n) is 5.45. The Bertz CT molecular complexity index is 446. The Morgan fingerprint density at radius 3 is 2.83 bits per heavy atom. The fourth-order valence-corrected chi connectivity index (χ4v) is 1.25. The average molecular weight is 253 g/mol. The van der Waals surface area contributed by atoms with Crippen LogP contribution in [-0.4, -0.2) is 31.7 Å². The van der Waals surface area contributed by atoms with E-state index in [4.69, 9.17) is 9.57 Å². The normalized spacial score (nSPS) is 10.7. The number of rotatable bonds is 5. The van der Waals surface area contributed by atoms with Crippen LogP contribution >= 0.6 is 0 Å². The first-order chi connectivity index (χ1) is 8.60. The van der Waals surface area contributed by atoms with E-state index in [0.717, 1.165) is 5.06 Å². The monoisotopic (exact) mass is 253 g/mol. The van der Waals surface area contributed by atoms with E-state index < -0.39 is 11.7 Å². The first kappa shape index (κ1) is 14.2. The zero-order chi connectivity index (χ0) is 13.5. The van der Waals surface area contributed by atoms with Crippen LogP contribution in [0.25, 0.3) is 0 Å². The van der Waals surface area contributed by atoms with Gasteiger partial charge in [0.2, 0.25) is 0 Å². The molecule has 0 aromatic heterocycles. The van der Waals surface area contributed by atoms with Gasteiger partial charge in [0.15, 0.2) is 0 Å². The van der Waals surface area contributed by atoms with E-state index in [2.05, 4.69) is 0 Å². The van der Waals surface area contributed by atoms with Gasteiger partial charge in [0.25, 0.3) is 5.91 Å². The van der Waals surface area contributed by atoms with Gasteiger partial charge in [-0.1, -0.05) is 12.2 Å². The second-order valence-electron chi connectivity index (χ2n) is 3.51. The van der Waals surface area contributed by atoms with Gasteiger partial charge in [-0.15, -0.1) is 0 Å². The van der Waals surface area contributed by atoms with E-state index in [9.17, 15) is 9.18 Å². The number of benzene rings is 1. The molecule has 1 aromatic carbocycles. The van der Waals surface area contributed by atoms with Crippen molar-refractivity contribution in [3.8, 4) is 5.75 Å². The fraction of sp³-hybridized carbons (Fsp3) is 0.308. The van der Waals surface area contributed by atoms with Gasteiger partial charge in [0, 0.05) is 7.05 Å². The van der Waals surface area contributed by atoms with E-state index in [1.807, 2.05) is 19.1 Å². The molecule has 0 fully saturated rings. The third-order valence-electron chi connectivity index (χ3n) is 2.31. The van der Waals surface area contributed by atoms with E-state index >= 15 is 0 Å². The number of ether oxygens (including phenoxy) is 1. The maximum Gasteiger partial charge on any atom is 0.280 e. The summed E-state index contributed by atoms with van der Waals surface area (Å²) in [5.74, 6) is -0.740. The molecule has 1 rings (SSSR count). The third kappa shape index (κ3) is 3.56. The third-order valence-corrected chi connectivity index (χ3v) is 2.31. The van der Waals surface area contributed by atoms with Crippen LogP contribution in [0.15, 0.2) is 30.4 Å². The lowest BCUT2D eigenvalue weighted by molar-refractivity contribution is -0.0759. The molecule has 0 atom stereocenters. The van der Waals surface area contributed by atoms with E-state index in [1.165, 1.54) is 32.4 Å². The molecule has 98 valence electrons. The Morgan fingerprint density at radius 2 is 2.22 bits per heavy atom. The van der Waals surface area contributed by atoms with Crippen molar-refractivity contribution < 1.29 is 18.8 Å². The van der Waals surface area contributed by atoms with Gasteiger partial charge < -0.3 is 4.74 Å². The van der Waals surface area contributed by atoms with Crippen LogP contribution in [0.4, 0.5) is 4.39 Å². The molecule has 1 amide bonds. The molecular formula is C13H16FNO3. The van der Waals surface area contributed by atoms with Gasteiger partial charge in [0.05, 0.1) is 12.7 Å². The molecule has 0 saturated heterocycles. The summed E-state index contributed by atoms with van der Waals surface area (Å²) >= 11 is 0. The Hall–Kier alpha value is -1.88. The highest BCUT2D eigenvalue weighted by molar-refractivity contribution is 5.94. The molecule has 0 aliphatic heterocycles. The van der Waals surface area contributed by atoms with E-state index in [1.54, 1.807) is 0 Å². The van der Waals surface area contributed by atoms with Crippen molar-refractivity contribution in [1.82, 2.24) is 5.06 Å². The molecule has 18 heavy (non-hydrogen) atoms. The maximum atomic E-state index is 13.5. The van der Waals surface area contributed by atoms with Crippen LogP contribution in [0, 0.1) is 5.82 Å². The summed E-state index contributed by atoms with van der Waals surface area (Å²) in [5, 5.41) is 0.953. The van der Waals surface area contributed by atoms with Gasteiger partial charge in [-0.3, -0.25) is 9.63 Å². The van der Waals surface area contributed by atoms with Gasteiger partial charge in [-0.2, -0.15) is 0 Å². The molecule has 1 aromatic rings. The Labute approximate surface area is 106 Å². The second kappa shape index (κ2) is 6.76. The number of hydrogen-bond donors (Lipinski definition) is 0. The number of nitrogens with zero attached hydrogens (tertiary/aromatic N) is 1. The van der Waals surface area contributed by atoms with Crippen molar-refractivity contribution in [2.24, 2.45) is 0 Å². The minimum atomic E-state index is -0.609. The number of allylic oxidation sites excluding steroid dienone is 1. The lowest BCUT2D eigenvalue weighted by Crippen LogP contribution is -2.26. The molecule has 0 aliphatic rings. The molecule has 5 heteroatoms. The highest BCUT2D eigenvalue weighted by Gasteiger charge is 2.17. The van der Waals surface area contributed by atoms with Gasteiger partial charge in [-0.05, 0) is 25.1 Å². The molecule has 4 nitrogen and oxygen atoms in total. The zero-order valence-corrected chi connectivity index (χ0v) is 10.6. The van der Waals surface area contributed by atoms with Crippen molar-refractivity contribution in [3.63, 3.8) is 0 Å². The van der Waals surface area contributed by atoms with Crippen molar-refractivity contribution in [3.05, 3.63) is 41.7 Å². The molecule has 0 radical (unpaired) electrons. The van der Waals surface area contributed by atoms with Crippen molar-refractivity contribution in [2.75, 3.05) is 20.8 Å². The van der Waals surface area contributed by atoms with Crippen LogP contribution < -0.4 is 4.74 Å². The van der Waals surface area contributed by atoms with Crippen LogP contribution in [-0.2, 0) is 4.84 Å². The minimum Gasteiger partial charge on any atom is -0.490 e. The SMILES string of the molecule is C/C=C/COc1ccc(F)c(C(=O)N(C)OC)c1. The van der Waals surface area contributed by atoms with Crippen molar-refractivity contribution in [2.45, 2.75) is 6.92 Å². The Balaban J connectivity index is 2.90. The molecule has 0 unspecified atom stereocenters. The molecule has 0 bridgehead atoms. The number of hydrogen-bond acceptors (Lipinski definition) is 3. The number of carbonyl (C=O) groups excluding carboxylic acids is 1.